The molecule has 0 spiro atoms. The Morgan fingerprint density at radius 3 is 1.53 bits per heavy atom. The second kappa shape index (κ2) is 4.52. The maximum atomic E-state index is 4.45. The van der Waals surface area contributed by atoms with Crippen LogP contribution in [0.1, 0.15) is 11.1 Å². The number of pyridine rings is 2. The van der Waals surface area contributed by atoms with Crippen LogP contribution in [0, 0.1) is 13.8 Å². The average Bonchev–Trinajstić information content (AvgIpc) is 2.30. The number of hydrogen-bond acceptors (Lipinski definition) is 2. The SMILES string of the molecule is Cc1ccnc2c1ccc1c(C)ccnc12.[Ir]. The van der Waals surface area contributed by atoms with Crippen molar-refractivity contribution >= 4 is 21.8 Å². The molecule has 0 aliphatic rings. The Bertz CT molecular complexity index is 631. The van der Waals surface area contributed by atoms with Crippen LogP contribution >= 0.6 is 0 Å². The molecule has 0 bridgehead atoms. The van der Waals surface area contributed by atoms with Crippen LogP contribution in [0.25, 0.3) is 21.8 Å². The Morgan fingerprint density at radius 1 is 0.706 bits per heavy atom. The van der Waals surface area contributed by atoms with E-state index in [-0.39, 0.29) is 20.1 Å². The first-order valence-electron chi connectivity index (χ1n) is 5.37. The summed E-state index contributed by atoms with van der Waals surface area (Å²) < 4.78 is 0. The van der Waals surface area contributed by atoms with E-state index in [1.165, 1.54) is 21.9 Å². The quantitative estimate of drug-likeness (QED) is 0.541. The van der Waals surface area contributed by atoms with E-state index in [0.717, 1.165) is 11.0 Å². The third-order valence-corrected chi connectivity index (χ3v) is 3.06. The summed E-state index contributed by atoms with van der Waals surface area (Å²) in [5.41, 5.74) is 4.49. The minimum atomic E-state index is 0. The number of fused-ring (bicyclic) bond motifs is 3. The average molecular weight is 400 g/mol. The third-order valence-electron chi connectivity index (χ3n) is 3.06. The largest absolute Gasteiger partial charge is 0.254 e. The molecule has 3 heteroatoms. The monoisotopic (exact) mass is 401 g/mol. The van der Waals surface area contributed by atoms with Gasteiger partial charge in [-0.3, -0.25) is 9.97 Å². The van der Waals surface area contributed by atoms with Gasteiger partial charge in [0.1, 0.15) is 0 Å². The zero-order chi connectivity index (χ0) is 11.1. The molecule has 0 saturated carbocycles. The summed E-state index contributed by atoms with van der Waals surface area (Å²) in [5.74, 6) is 0. The summed E-state index contributed by atoms with van der Waals surface area (Å²) in [6, 6.07) is 8.33. The molecule has 2 nitrogen and oxygen atoms in total. The van der Waals surface area contributed by atoms with E-state index in [4.69, 9.17) is 0 Å². The first kappa shape index (κ1) is 12.2. The van der Waals surface area contributed by atoms with Crippen molar-refractivity contribution in [2.75, 3.05) is 0 Å². The smallest absolute Gasteiger partial charge is 0.0967 e. The van der Waals surface area contributed by atoms with E-state index in [2.05, 4.69) is 35.9 Å². The first-order valence-corrected chi connectivity index (χ1v) is 5.37. The van der Waals surface area contributed by atoms with Gasteiger partial charge in [-0.2, -0.15) is 0 Å². The van der Waals surface area contributed by atoms with Crippen molar-refractivity contribution in [1.29, 1.82) is 0 Å². The molecule has 0 atom stereocenters. The van der Waals surface area contributed by atoms with Gasteiger partial charge in [-0.05, 0) is 37.1 Å². The zero-order valence-electron chi connectivity index (χ0n) is 9.69. The normalized spacial score (nSPS) is 10.5. The van der Waals surface area contributed by atoms with Gasteiger partial charge in [-0.1, -0.05) is 12.1 Å². The van der Waals surface area contributed by atoms with Crippen molar-refractivity contribution in [3.05, 3.63) is 47.8 Å². The molecule has 0 fully saturated rings. The van der Waals surface area contributed by atoms with Crippen molar-refractivity contribution in [3.8, 4) is 0 Å². The second-order valence-corrected chi connectivity index (χ2v) is 4.11. The minimum absolute atomic E-state index is 0. The van der Waals surface area contributed by atoms with Gasteiger partial charge < -0.3 is 0 Å². The maximum Gasteiger partial charge on any atom is 0.0967 e. The van der Waals surface area contributed by atoms with E-state index in [9.17, 15) is 0 Å². The predicted octanol–water partition coefficient (Wildman–Crippen LogP) is 3.40. The molecule has 0 aliphatic carbocycles. The Labute approximate surface area is 113 Å². The fourth-order valence-corrected chi connectivity index (χ4v) is 2.10. The standard InChI is InChI=1S/C14H12N2.Ir/c1-9-5-7-15-13-11(9)3-4-12-10(2)6-8-16-14(12)13;/h3-8H,1-2H3;. The minimum Gasteiger partial charge on any atom is -0.254 e. The number of rotatable bonds is 0. The van der Waals surface area contributed by atoms with Crippen LogP contribution in [0.5, 0.6) is 0 Å². The molecule has 0 N–H and O–H groups in total. The van der Waals surface area contributed by atoms with Gasteiger partial charge in [-0.15, -0.1) is 0 Å². The fraction of sp³-hybridized carbons (Fsp3) is 0.143. The number of benzene rings is 1. The first-order chi connectivity index (χ1) is 7.77. The zero-order valence-corrected chi connectivity index (χ0v) is 12.1. The van der Waals surface area contributed by atoms with Crippen molar-refractivity contribution in [3.63, 3.8) is 0 Å². The summed E-state index contributed by atoms with van der Waals surface area (Å²) in [7, 11) is 0. The van der Waals surface area contributed by atoms with Crippen LogP contribution in [0.15, 0.2) is 36.7 Å². The molecule has 3 aromatic rings. The van der Waals surface area contributed by atoms with E-state index < -0.39 is 0 Å². The summed E-state index contributed by atoms with van der Waals surface area (Å²) in [6.07, 6.45) is 3.70. The summed E-state index contributed by atoms with van der Waals surface area (Å²) in [6.45, 7) is 4.21. The molecule has 0 aliphatic heterocycles. The molecule has 1 aromatic carbocycles. The Hall–Kier alpha value is -1.31. The molecule has 2 aromatic heterocycles. The van der Waals surface area contributed by atoms with Crippen molar-refractivity contribution in [2.24, 2.45) is 0 Å². The van der Waals surface area contributed by atoms with Gasteiger partial charge in [0.05, 0.1) is 11.0 Å². The molecule has 0 saturated heterocycles. The topological polar surface area (TPSA) is 25.8 Å². The molecular weight excluding hydrogens is 388 g/mol. The van der Waals surface area contributed by atoms with Crippen LogP contribution in [0.3, 0.4) is 0 Å². The maximum absolute atomic E-state index is 4.45. The predicted molar refractivity (Wildman–Crippen MR) is 66.5 cm³/mol. The van der Waals surface area contributed by atoms with Gasteiger partial charge in [0.25, 0.3) is 0 Å². The van der Waals surface area contributed by atoms with Crippen molar-refractivity contribution in [1.82, 2.24) is 9.97 Å². The van der Waals surface area contributed by atoms with Gasteiger partial charge >= 0.3 is 0 Å². The van der Waals surface area contributed by atoms with Gasteiger partial charge in [0.15, 0.2) is 0 Å². The molecule has 1 radical (unpaired) electrons. The molecule has 2 heterocycles. The molecule has 0 unspecified atom stereocenters. The van der Waals surface area contributed by atoms with E-state index in [0.29, 0.717) is 0 Å². The van der Waals surface area contributed by atoms with E-state index in [1.807, 2.05) is 24.5 Å². The van der Waals surface area contributed by atoms with Gasteiger partial charge in [0, 0.05) is 43.3 Å². The van der Waals surface area contributed by atoms with Crippen molar-refractivity contribution in [2.45, 2.75) is 13.8 Å². The second-order valence-electron chi connectivity index (χ2n) is 4.11. The van der Waals surface area contributed by atoms with Crippen LogP contribution in [-0.2, 0) is 20.1 Å². The fourth-order valence-electron chi connectivity index (χ4n) is 2.10. The van der Waals surface area contributed by atoms with Crippen LogP contribution < -0.4 is 0 Å². The molecule has 17 heavy (non-hydrogen) atoms. The molecule has 3 rings (SSSR count). The number of hydrogen-bond donors (Lipinski definition) is 0. The molecule has 0 amide bonds. The van der Waals surface area contributed by atoms with Crippen LogP contribution in [-0.4, -0.2) is 9.97 Å². The number of aryl methyl sites for hydroxylation is 2. The Balaban J connectivity index is 0.00000108. The molecular formula is C14H12IrN2. The number of nitrogens with zero attached hydrogens (tertiary/aromatic N) is 2. The number of aromatic nitrogens is 2. The Kier molecular flexibility index (Phi) is 3.23. The van der Waals surface area contributed by atoms with Crippen LogP contribution in [0.4, 0.5) is 0 Å². The summed E-state index contributed by atoms with van der Waals surface area (Å²) in [5, 5.41) is 2.38. The summed E-state index contributed by atoms with van der Waals surface area (Å²) in [4.78, 5) is 8.90. The van der Waals surface area contributed by atoms with E-state index >= 15 is 0 Å². The van der Waals surface area contributed by atoms with Gasteiger partial charge in [-0.25, -0.2) is 0 Å². The van der Waals surface area contributed by atoms with Crippen LogP contribution in [0.2, 0.25) is 0 Å². The van der Waals surface area contributed by atoms with Gasteiger partial charge in [0.2, 0.25) is 0 Å². The van der Waals surface area contributed by atoms with Crippen molar-refractivity contribution < 1.29 is 20.1 Å². The van der Waals surface area contributed by atoms with E-state index in [1.54, 1.807) is 0 Å². The Morgan fingerprint density at radius 2 is 1.12 bits per heavy atom. The third kappa shape index (κ3) is 1.86. The summed E-state index contributed by atoms with van der Waals surface area (Å²) >= 11 is 0. The molecule has 87 valence electrons.